The summed E-state index contributed by atoms with van der Waals surface area (Å²) in [5, 5.41) is 7.24. The standard InChI is InChI=1S/C33H49N3O4/c1-37-20-6-18-36-19-22-39-32-14-9-26(23-31(32)36)25-40-33-24-34-17-15-30(33)27-10-12-29(13-11-27)38-21-5-16-35-28-7-3-2-4-8-28/h9-14,23,28,30,33-35H,2-8,15-22,24-25H2,1H3/t30-,33+/m1/s1. The van der Waals surface area contributed by atoms with E-state index in [0.717, 1.165) is 89.3 Å². The molecule has 2 heterocycles. The Bertz CT molecular complexity index is 1010. The van der Waals surface area contributed by atoms with Crippen LogP contribution in [0.4, 0.5) is 5.69 Å². The van der Waals surface area contributed by atoms with Gasteiger partial charge in [0.1, 0.15) is 18.1 Å². The van der Waals surface area contributed by atoms with Gasteiger partial charge in [-0.25, -0.2) is 0 Å². The van der Waals surface area contributed by atoms with Gasteiger partial charge < -0.3 is 34.5 Å². The highest BCUT2D eigenvalue weighted by molar-refractivity contribution is 5.61. The number of anilines is 1. The smallest absolute Gasteiger partial charge is 0.142 e. The minimum Gasteiger partial charge on any atom is -0.494 e. The first-order valence-electron chi connectivity index (χ1n) is 15.6. The molecule has 1 saturated carbocycles. The van der Waals surface area contributed by atoms with Crippen molar-refractivity contribution in [2.45, 2.75) is 76.0 Å². The number of ether oxygens (including phenoxy) is 4. The minimum absolute atomic E-state index is 0.136. The first kappa shape index (κ1) is 29.2. The molecule has 1 aliphatic carbocycles. The third kappa shape index (κ3) is 8.35. The average Bonchev–Trinajstić information content (AvgIpc) is 3.01. The lowest BCUT2D eigenvalue weighted by Gasteiger charge is -2.33. The lowest BCUT2D eigenvalue weighted by Crippen LogP contribution is -2.41. The number of nitrogens with one attached hydrogen (secondary N) is 2. The molecule has 0 radical (unpaired) electrons. The van der Waals surface area contributed by atoms with Gasteiger partial charge in [-0.1, -0.05) is 37.5 Å². The summed E-state index contributed by atoms with van der Waals surface area (Å²) in [6, 6.07) is 15.9. The Morgan fingerprint density at radius 2 is 1.88 bits per heavy atom. The van der Waals surface area contributed by atoms with Crippen LogP contribution >= 0.6 is 0 Å². The fourth-order valence-corrected chi connectivity index (χ4v) is 6.32. The Morgan fingerprint density at radius 3 is 2.73 bits per heavy atom. The normalized spacial score (nSPS) is 21.6. The highest BCUT2D eigenvalue weighted by Gasteiger charge is 2.27. The largest absolute Gasteiger partial charge is 0.494 e. The molecule has 220 valence electrons. The van der Waals surface area contributed by atoms with Crippen molar-refractivity contribution in [1.82, 2.24) is 10.6 Å². The summed E-state index contributed by atoms with van der Waals surface area (Å²) < 4.78 is 23.8. The van der Waals surface area contributed by atoms with Gasteiger partial charge in [0.25, 0.3) is 0 Å². The molecular formula is C33H49N3O4. The SMILES string of the molecule is COCCCN1CCOc2ccc(CO[C@H]3CNCC[C@@H]3c3ccc(OCCCNC4CCCCC4)cc3)cc21. The van der Waals surface area contributed by atoms with E-state index in [-0.39, 0.29) is 6.10 Å². The van der Waals surface area contributed by atoms with Gasteiger partial charge >= 0.3 is 0 Å². The second-order valence-corrected chi connectivity index (χ2v) is 11.5. The Morgan fingerprint density at radius 1 is 1.00 bits per heavy atom. The van der Waals surface area contributed by atoms with E-state index in [1.54, 1.807) is 7.11 Å². The molecular weight excluding hydrogens is 502 g/mol. The van der Waals surface area contributed by atoms with Crippen LogP contribution in [-0.4, -0.2) is 71.8 Å². The molecule has 2 fully saturated rings. The van der Waals surface area contributed by atoms with Crippen LogP contribution in [0.1, 0.15) is 68.4 Å². The van der Waals surface area contributed by atoms with E-state index in [4.69, 9.17) is 18.9 Å². The Kier molecular flexibility index (Phi) is 11.4. The topological polar surface area (TPSA) is 64.2 Å². The van der Waals surface area contributed by atoms with Crippen molar-refractivity contribution >= 4 is 5.69 Å². The number of hydrogen-bond donors (Lipinski definition) is 2. The molecule has 40 heavy (non-hydrogen) atoms. The molecule has 2 atom stereocenters. The van der Waals surface area contributed by atoms with Crippen molar-refractivity contribution in [2.75, 3.05) is 64.6 Å². The first-order valence-corrected chi connectivity index (χ1v) is 15.6. The molecule has 7 heteroatoms. The van der Waals surface area contributed by atoms with Crippen molar-refractivity contribution in [2.24, 2.45) is 0 Å². The predicted octanol–water partition coefficient (Wildman–Crippen LogP) is 5.28. The third-order valence-electron chi connectivity index (χ3n) is 8.59. The number of piperidine rings is 1. The van der Waals surface area contributed by atoms with Gasteiger partial charge in [0, 0.05) is 38.8 Å². The molecule has 2 aliphatic heterocycles. The maximum absolute atomic E-state index is 6.55. The van der Waals surface area contributed by atoms with Crippen LogP contribution in [0, 0.1) is 0 Å². The highest BCUT2D eigenvalue weighted by atomic mass is 16.5. The van der Waals surface area contributed by atoms with Gasteiger partial charge in [-0.05, 0) is 80.6 Å². The zero-order valence-corrected chi connectivity index (χ0v) is 24.4. The van der Waals surface area contributed by atoms with Crippen LogP contribution in [0.3, 0.4) is 0 Å². The quantitative estimate of drug-likeness (QED) is 0.310. The van der Waals surface area contributed by atoms with Crippen LogP contribution in [0.25, 0.3) is 0 Å². The molecule has 0 aromatic heterocycles. The van der Waals surface area contributed by atoms with E-state index in [2.05, 4.69) is 58.0 Å². The van der Waals surface area contributed by atoms with Crippen molar-refractivity contribution in [3.63, 3.8) is 0 Å². The predicted molar refractivity (Wildman–Crippen MR) is 161 cm³/mol. The molecule has 1 saturated heterocycles. The molecule has 2 aromatic carbocycles. The van der Waals surface area contributed by atoms with Crippen molar-refractivity contribution < 1.29 is 18.9 Å². The third-order valence-corrected chi connectivity index (χ3v) is 8.59. The van der Waals surface area contributed by atoms with Crippen LogP contribution in [-0.2, 0) is 16.1 Å². The minimum atomic E-state index is 0.136. The zero-order valence-electron chi connectivity index (χ0n) is 24.4. The first-order chi connectivity index (χ1) is 19.8. The Balaban J connectivity index is 1.10. The van der Waals surface area contributed by atoms with Crippen molar-refractivity contribution in [3.05, 3.63) is 53.6 Å². The number of methoxy groups -OCH3 is 1. The average molecular weight is 552 g/mol. The second kappa shape index (κ2) is 15.6. The van der Waals surface area contributed by atoms with Gasteiger partial charge in [-0.2, -0.15) is 0 Å². The monoisotopic (exact) mass is 551 g/mol. The lowest BCUT2D eigenvalue weighted by atomic mass is 9.87. The van der Waals surface area contributed by atoms with Gasteiger partial charge in [0.2, 0.25) is 0 Å². The highest BCUT2D eigenvalue weighted by Crippen LogP contribution is 2.34. The maximum Gasteiger partial charge on any atom is 0.142 e. The maximum atomic E-state index is 6.55. The van der Waals surface area contributed by atoms with Crippen LogP contribution in [0.15, 0.2) is 42.5 Å². The molecule has 2 aromatic rings. The van der Waals surface area contributed by atoms with Gasteiger partial charge in [-0.15, -0.1) is 0 Å². The Hall–Kier alpha value is -2.32. The molecule has 7 nitrogen and oxygen atoms in total. The Labute approximate surface area is 240 Å². The van der Waals surface area contributed by atoms with Crippen LogP contribution < -0.4 is 25.0 Å². The van der Waals surface area contributed by atoms with Crippen LogP contribution in [0.5, 0.6) is 11.5 Å². The summed E-state index contributed by atoms with van der Waals surface area (Å²) in [4.78, 5) is 2.41. The molecule has 0 bridgehead atoms. The molecule has 0 amide bonds. The van der Waals surface area contributed by atoms with Gasteiger partial charge in [-0.3, -0.25) is 0 Å². The molecule has 0 spiro atoms. The summed E-state index contributed by atoms with van der Waals surface area (Å²) in [5.74, 6) is 2.30. The number of benzene rings is 2. The number of nitrogens with zero attached hydrogens (tertiary/aromatic N) is 1. The summed E-state index contributed by atoms with van der Waals surface area (Å²) in [7, 11) is 1.76. The van der Waals surface area contributed by atoms with E-state index in [1.165, 1.54) is 48.9 Å². The van der Waals surface area contributed by atoms with E-state index < -0.39 is 0 Å². The summed E-state index contributed by atoms with van der Waals surface area (Å²) in [5.41, 5.74) is 3.69. The van der Waals surface area contributed by atoms with E-state index in [1.807, 2.05) is 0 Å². The second-order valence-electron chi connectivity index (χ2n) is 11.5. The lowest BCUT2D eigenvalue weighted by molar-refractivity contribution is 0.0106. The fraction of sp³-hybridized carbons (Fsp3) is 0.636. The molecule has 0 unspecified atom stereocenters. The number of rotatable bonds is 14. The number of fused-ring (bicyclic) bond motifs is 1. The molecule has 2 N–H and O–H groups in total. The summed E-state index contributed by atoms with van der Waals surface area (Å²) in [6.45, 7) is 7.67. The number of hydrogen-bond acceptors (Lipinski definition) is 7. The van der Waals surface area contributed by atoms with Crippen LogP contribution in [0.2, 0.25) is 0 Å². The van der Waals surface area contributed by atoms with E-state index in [0.29, 0.717) is 12.5 Å². The summed E-state index contributed by atoms with van der Waals surface area (Å²) in [6.07, 6.45) is 10.1. The fourth-order valence-electron chi connectivity index (χ4n) is 6.32. The van der Waals surface area contributed by atoms with Crippen molar-refractivity contribution in [1.29, 1.82) is 0 Å². The summed E-state index contributed by atoms with van der Waals surface area (Å²) >= 11 is 0. The van der Waals surface area contributed by atoms with Gasteiger partial charge in [0.15, 0.2) is 0 Å². The molecule has 3 aliphatic rings. The van der Waals surface area contributed by atoms with E-state index >= 15 is 0 Å². The van der Waals surface area contributed by atoms with E-state index in [9.17, 15) is 0 Å². The molecule has 5 rings (SSSR count). The zero-order chi connectivity index (χ0) is 27.4. The van der Waals surface area contributed by atoms with Crippen molar-refractivity contribution in [3.8, 4) is 11.5 Å². The van der Waals surface area contributed by atoms with Gasteiger partial charge in [0.05, 0.1) is 31.5 Å².